The van der Waals surface area contributed by atoms with Gasteiger partial charge >= 0.3 is 0 Å². The maximum Gasteiger partial charge on any atom is 0.139 e. The minimum atomic E-state index is 0.253. The van der Waals surface area contributed by atoms with Gasteiger partial charge in [0.2, 0.25) is 0 Å². The van der Waals surface area contributed by atoms with Crippen molar-refractivity contribution in [3.05, 3.63) is 43.8 Å². The van der Waals surface area contributed by atoms with Gasteiger partial charge in [-0.2, -0.15) is 0 Å². The first-order valence-corrected chi connectivity index (χ1v) is 15.4. The van der Waals surface area contributed by atoms with Crippen molar-refractivity contribution in [2.75, 3.05) is 0 Å². The maximum atomic E-state index is 13.8. The zero-order chi connectivity index (χ0) is 23.1. The van der Waals surface area contributed by atoms with Gasteiger partial charge in [-0.3, -0.25) is 9.59 Å². The van der Waals surface area contributed by atoms with Crippen LogP contribution < -0.4 is 0 Å². The van der Waals surface area contributed by atoms with E-state index in [1.807, 2.05) is 22.7 Å². The summed E-state index contributed by atoms with van der Waals surface area (Å²) in [5.41, 5.74) is 2.83. The van der Waals surface area contributed by atoms with Crippen LogP contribution in [0.1, 0.15) is 84.1 Å². The van der Waals surface area contributed by atoms with Crippen LogP contribution in [-0.2, 0) is 9.59 Å². The molecule has 0 bridgehead atoms. The molecule has 0 N–H and O–H groups in total. The molecule has 0 saturated heterocycles. The molecule has 0 spiro atoms. The van der Waals surface area contributed by atoms with E-state index in [1.165, 1.54) is 46.6 Å². The molecule has 4 heteroatoms. The number of fused-ring (bicyclic) bond motifs is 6. The number of hydrogen-bond acceptors (Lipinski definition) is 4. The minimum Gasteiger partial charge on any atom is -0.299 e. The number of hydrogen-bond donors (Lipinski definition) is 0. The number of Topliss-reactive ketones (excluding diaryl/α,β-unsaturated/α-hetero) is 2. The molecule has 5 aliphatic rings. The number of aryl methyl sites for hydroxylation is 2. The molecule has 10 atom stereocenters. The van der Waals surface area contributed by atoms with Gasteiger partial charge in [0, 0.05) is 33.4 Å². The Balaban J connectivity index is 1.10. The van der Waals surface area contributed by atoms with E-state index in [4.69, 9.17) is 0 Å². The highest BCUT2D eigenvalue weighted by atomic mass is 32.1. The fraction of sp³-hybridized carbons (Fsp3) is 0.667. The molecule has 5 saturated carbocycles. The number of carbonyl (C=O) groups is 2. The smallest absolute Gasteiger partial charge is 0.139 e. The molecule has 2 nitrogen and oxygen atoms in total. The van der Waals surface area contributed by atoms with Gasteiger partial charge < -0.3 is 0 Å². The summed E-state index contributed by atoms with van der Waals surface area (Å²) in [4.78, 5) is 30.6. The van der Waals surface area contributed by atoms with Gasteiger partial charge in [-0.25, -0.2) is 0 Å². The molecule has 34 heavy (non-hydrogen) atoms. The van der Waals surface area contributed by atoms with Gasteiger partial charge in [0.15, 0.2) is 0 Å². The monoisotopic (exact) mass is 492 g/mol. The fourth-order valence-corrected chi connectivity index (χ4v) is 11.7. The molecular weight excluding hydrogens is 456 g/mol. The molecule has 7 rings (SSSR count). The van der Waals surface area contributed by atoms with Crippen LogP contribution in [0.3, 0.4) is 0 Å². The highest BCUT2D eigenvalue weighted by Crippen LogP contribution is 2.62. The summed E-state index contributed by atoms with van der Waals surface area (Å²) in [5, 5.41) is 4.43. The van der Waals surface area contributed by atoms with Gasteiger partial charge in [0.05, 0.1) is 0 Å². The number of ketones is 2. The third-order valence-corrected chi connectivity index (χ3v) is 13.4. The summed E-state index contributed by atoms with van der Waals surface area (Å²) in [6.07, 6.45) is 9.03. The number of carbonyl (C=O) groups excluding carboxylic acids is 2. The van der Waals surface area contributed by atoms with Crippen molar-refractivity contribution in [1.82, 2.24) is 0 Å². The largest absolute Gasteiger partial charge is 0.299 e. The highest BCUT2D eigenvalue weighted by Gasteiger charge is 2.61. The standard InChI is InChI=1S/C30H36O2S2/c1-15-7-9-33-29(15)17-3-5-19-21-13-26-22(14-25(21)27(31)23(19)11-17)20-6-4-18(12-24(20)28(26)32)30-16(2)8-10-34-30/h7-10,17-26H,3-6,11-14H2,1-2H3. The second kappa shape index (κ2) is 8.13. The first-order chi connectivity index (χ1) is 16.5. The van der Waals surface area contributed by atoms with E-state index in [-0.39, 0.29) is 23.7 Å². The molecule has 0 aliphatic heterocycles. The maximum absolute atomic E-state index is 13.8. The summed E-state index contributed by atoms with van der Waals surface area (Å²) in [6, 6.07) is 4.47. The van der Waals surface area contributed by atoms with Crippen molar-refractivity contribution in [3.8, 4) is 0 Å². The van der Waals surface area contributed by atoms with E-state index >= 15 is 0 Å². The van der Waals surface area contributed by atoms with E-state index in [1.54, 1.807) is 0 Å². The van der Waals surface area contributed by atoms with E-state index < -0.39 is 0 Å². The van der Waals surface area contributed by atoms with Crippen molar-refractivity contribution < 1.29 is 9.59 Å². The van der Waals surface area contributed by atoms with E-state index in [2.05, 4.69) is 36.7 Å². The summed E-state index contributed by atoms with van der Waals surface area (Å²) >= 11 is 3.78. The first-order valence-electron chi connectivity index (χ1n) is 13.7. The molecule has 0 aromatic carbocycles. The van der Waals surface area contributed by atoms with Crippen molar-refractivity contribution in [1.29, 1.82) is 0 Å². The topological polar surface area (TPSA) is 34.1 Å². The Kier molecular flexibility index (Phi) is 5.25. The van der Waals surface area contributed by atoms with Crippen LogP contribution in [0.2, 0.25) is 0 Å². The van der Waals surface area contributed by atoms with Crippen LogP contribution in [0, 0.1) is 61.2 Å². The van der Waals surface area contributed by atoms with Crippen LogP contribution in [0.4, 0.5) is 0 Å². The Bertz CT molecular complexity index is 1040. The average Bonchev–Trinajstić information content (AvgIpc) is 3.60. The summed E-state index contributed by atoms with van der Waals surface area (Å²) < 4.78 is 0. The van der Waals surface area contributed by atoms with Crippen LogP contribution in [0.25, 0.3) is 0 Å². The number of thiophene rings is 2. The SMILES string of the molecule is Cc1ccsc1C1CCC2C(C1)C(=O)C1CC3C(CC12)C(=O)C1CC(c2sccc2C)CCC13. The highest BCUT2D eigenvalue weighted by molar-refractivity contribution is 7.10. The van der Waals surface area contributed by atoms with Crippen LogP contribution in [0.5, 0.6) is 0 Å². The summed E-state index contributed by atoms with van der Waals surface area (Å²) in [6.45, 7) is 4.46. The van der Waals surface area contributed by atoms with Crippen molar-refractivity contribution in [2.24, 2.45) is 47.3 Å². The fourth-order valence-electron chi connectivity index (χ4n) is 9.56. The molecule has 2 aromatic heterocycles. The van der Waals surface area contributed by atoms with Gasteiger partial charge in [-0.15, -0.1) is 22.7 Å². The minimum absolute atomic E-state index is 0.253. The second-order valence-corrected chi connectivity index (χ2v) is 14.2. The van der Waals surface area contributed by atoms with Crippen LogP contribution in [-0.4, -0.2) is 11.6 Å². The molecule has 2 heterocycles. The Labute approximate surface area is 211 Å². The van der Waals surface area contributed by atoms with Crippen molar-refractivity contribution >= 4 is 34.2 Å². The van der Waals surface area contributed by atoms with E-state index in [0.717, 1.165) is 25.7 Å². The van der Waals surface area contributed by atoms with E-state index in [9.17, 15) is 9.59 Å². The van der Waals surface area contributed by atoms with Gasteiger partial charge in [0.1, 0.15) is 11.6 Å². The lowest BCUT2D eigenvalue weighted by molar-refractivity contribution is -0.129. The third-order valence-electron chi connectivity index (χ3n) is 11.0. The first kappa shape index (κ1) is 22.0. The molecule has 180 valence electrons. The van der Waals surface area contributed by atoms with Crippen LogP contribution >= 0.6 is 22.7 Å². The predicted octanol–water partition coefficient (Wildman–Crippen LogP) is 7.55. The van der Waals surface area contributed by atoms with Crippen LogP contribution in [0.15, 0.2) is 22.9 Å². The molecule has 5 fully saturated rings. The zero-order valence-corrected chi connectivity index (χ0v) is 22.0. The molecule has 5 aliphatic carbocycles. The molecule has 2 aromatic rings. The lowest BCUT2D eigenvalue weighted by atomic mass is 9.64. The van der Waals surface area contributed by atoms with Crippen molar-refractivity contribution in [3.63, 3.8) is 0 Å². The molecular formula is C30H36O2S2. The number of rotatable bonds is 2. The van der Waals surface area contributed by atoms with Crippen molar-refractivity contribution in [2.45, 2.75) is 77.0 Å². The molecule has 0 amide bonds. The average molecular weight is 493 g/mol. The Morgan fingerprint density at radius 2 is 1.00 bits per heavy atom. The third kappa shape index (κ3) is 3.16. The second-order valence-electron chi connectivity index (χ2n) is 12.3. The van der Waals surface area contributed by atoms with Gasteiger partial charge in [-0.1, -0.05) is 0 Å². The Morgan fingerprint density at radius 1 is 0.588 bits per heavy atom. The Hall–Kier alpha value is -1.26. The normalized spacial score (nSPS) is 43.4. The quantitative estimate of drug-likeness (QED) is 0.434. The summed E-state index contributed by atoms with van der Waals surface area (Å²) in [7, 11) is 0. The lowest BCUT2D eigenvalue weighted by Crippen LogP contribution is -2.35. The van der Waals surface area contributed by atoms with E-state index in [0.29, 0.717) is 47.1 Å². The lowest BCUT2D eigenvalue weighted by Gasteiger charge is -2.40. The van der Waals surface area contributed by atoms with Gasteiger partial charge in [0.25, 0.3) is 0 Å². The van der Waals surface area contributed by atoms with Gasteiger partial charge in [-0.05, 0) is 135 Å². The predicted molar refractivity (Wildman–Crippen MR) is 138 cm³/mol. The molecule has 10 unspecified atom stereocenters. The summed E-state index contributed by atoms with van der Waals surface area (Å²) in [5.74, 6) is 5.43. The Morgan fingerprint density at radius 3 is 1.38 bits per heavy atom. The molecule has 0 radical (unpaired) electrons. The zero-order valence-electron chi connectivity index (χ0n) is 20.4.